The number of piperazine rings is 1. The molecule has 45 heavy (non-hydrogen) atoms. The fraction of sp³-hybridized carbons (Fsp3) is 0.543. The number of nitrogens with one attached hydrogen (secondary N) is 3. The van der Waals surface area contributed by atoms with Gasteiger partial charge >= 0.3 is 6.01 Å². The van der Waals surface area contributed by atoms with Crippen molar-refractivity contribution >= 4 is 28.4 Å². The second kappa shape index (κ2) is 11.3. The molecule has 238 valence electrons. The van der Waals surface area contributed by atoms with Crippen LogP contribution in [0.2, 0.25) is 0 Å². The van der Waals surface area contributed by atoms with Crippen molar-refractivity contribution in [3.05, 3.63) is 52.6 Å². The van der Waals surface area contributed by atoms with Gasteiger partial charge in [-0.05, 0) is 103 Å². The SMILES string of the molecule is CCc1c(F)ccc2cc(O)cc(/C=C3/Cc4nc(OC[C@@]56CCCC5CC[C@H](F)C6)nc(N5CC6CCC(C5)N6)c4NN3)c12. The van der Waals surface area contributed by atoms with Crippen LogP contribution in [0.1, 0.15) is 75.1 Å². The molecule has 3 aliphatic heterocycles. The van der Waals surface area contributed by atoms with Crippen molar-refractivity contribution in [2.24, 2.45) is 11.3 Å². The number of ether oxygens (including phenoxy) is 1. The summed E-state index contributed by atoms with van der Waals surface area (Å²) in [6.45, 7) is 4.10. The molecule has 4 fully saturated rings. The summed E-state index contributed by atoms with van der Waals surface area (Å²) in [7, 11) is 0. The van der Waals surface area contributed by atoms with E-state index in [9.17, 15) is 13.9 Å². The minimum absolute atomic E-state index is 0.128. The Kier molecular flexibility index (Phi) is 7.23. The van der Waals surface area contributed by atoms with Gasteiger partial charge in [-0.15, -0.1) is 0 Å². The highest BCUT2D eigenvalue weighted by Gasteiger charge is 2.48. The maximum atomic E-state index is 14.8. The minimum atomic E-state index is -0.766. The number of hydrogen-bond donors (Lipinski definition) is 4. The molecule has 0 radical (unpaired) electrons. The number of aromatic nitrogens is 2. The molecule has 3 unspecified atom stereocenters. The average molecular weight is 617 g/mol. The monoisotopic (exact) mass is 616 g/mol. The first-order valence-corrected chi connectivity index (χ1v) is 16.7. The molecular weight excluding hydrogens is 574 g/mol. The Morgan fingerprint density at radius 2 is 1.93 bits per heavy atom. The Labute approximate surface area is 262 Å². The molecule has 5 atom stereocenters. The minimum Gasteiger partial charge on any atom is -0.508 e. The lowest BCUT2D eigenvalue weighted by Crippen LogP contribution is -2.52. The van der Waals surface area contributed by atoms with Gasteiger partial charge in [-0.1, -0.05) is 19.4 Å². The molecule has 10 heteroatoms. The van der Waals surface area contributed by atoms with E-state index in [4.69, 9.17) is 14.7 Å². The highest BCUT2D eigenvalue weighted by molar-refractivity contribution is 5.95. The van der Waals surface area contributed by atoms with Crippen LogP contribution in [0.25, 0.3) is 16.8 Å². The topological polar surface area (TPSA) is 94.6 Å². The van der Waals surface area contributed by atoms with Crippen molar-refractivity contribution in [1.82, 2.24) is 20.7 Å². The lowest BCUT2D eigenvalue weighted by Gasteiger charge is -2.40. The number of fused-ring (bicyclic) bond motifs is 5. The normalized spacial score (nSPS) is 29.8. The molecule has 1 aromatic heterocycles. The number of phenols is 1. The van der Waals surface area contributed by atoms with Crippen LogP contribution >= 0.6 is 0 Å². The van der Waals surface area contributed by atoms with Gasteiger partial charge in [0.15, 0.2) is 5.82 Å². The number of nitrogens with zero attached hydrogens (tertiary/aromatic N) is 3. The average Bonchev–Trinajstić information content (AvgIpc) is 3.61. The number of rotatable bonds is 6. The number of alkyl halides is 1. The third-order valence-corrected chi connectivity index (χ3v) is 11.1. The summed E-state index contributed by atoms with van der Waals surface area (Å²) in [5.74, 6) is 1.20. The summed E-state index contributed by atoms with van der Waals surface area (Å²) in [5.41, 5.74) is 10.4. The maximum Gasteiger partial charge on any atom is 0.318 e. The Morgan fingerprint density at radius 1 is 1.09 bits per heavy atom. The lowest BCUT2D eigenvalue weighted by atomic mass is 9.68. The maximum absolute atomic E-state index is 14.8. The molecule has 8 rings (SSSR count). The van der Waals surface area contributed by atoms with E-state index in [2.05, 4.69) is 21.1 Å². The summed E-state index contributed by atoms with van der Waals surface area (Å²) in [4.78, 5) is 12.3. The molecule has 2 aliphatic carbocycles. The van der Waals surface area contributed by atoms with E-state index in [-0.39, 0.29) is 17.0 Å². The Morgan fingerprint density at radius 3 is 2.76 bits per heavy atom. The van der Waals surface area contributed by atoms with Crippen LogP contribution in [-0.4, -0.2) is 53.0 Å². The summed E-state index contributed by atoms with van der Waals surface area (Å²) < 4.78 is 36.0. The van der Waals surface area contributed by atoms with E-state index in [1.54, 1.807) is 18.2 Å². The van der Waals surface area contributed by atoms with Gasteiger partial charge in [-0.2, -0.15) is 9.97 Å². The predicted octanol–water partition coefficient (Wildman–Crippen LogP) is 6.18. The van der Waals surface area contributed by atoms with E-state index < -0.39 is 6.17 Å². The predicted molar refractivity (Wildman–Crippen MR) is 172 cm³/mol. The van der Waals surface area contributed by atoms with E-state index in [0.29, 0.717) is 61.9 Å². The number of hydrazine groups is 1. The van der Waals surface area contributed by atoms with E-state index in [0.717, 1.165) is 90.8 Å². The van der Waals surface area contributed by atoms with Crippen LogP contribution in [0.4, 0.5) is 20.3 Å². The number of anilines is 2. The van der Waals surface area contributed by atoms with Crippen LogP contribution in [0, 0.1) is 17.2 Å². The van der Waals surface area contributed by atoms with Gasteiger partial charge in [-0.25, -0.2) is 8.78 Å². The van der Waals surface area contributed by atoms with Gasteiger partial charge in [-0.3, -0.25) is 5.43 Å². The summed E-state index contributed by atoms with van der Waals surface area (Å²) in [6, 6.07) is 7.74. The Balaban J connectivity index is 1.15. The second-order valence-corrected chi connectivity index (χ2v) is 13.9. The number of aromatic hydroxyl groups is 1. The molecule has 3 aromatic rings. The number of allylic oxidation sites excluding steroid dienone is 1. The van der Waals surface area contributed by atoms with Crippen molar-refractivity contribution in [3.63, 3.8) is 0 Å². The van der Waals surface area contributed by atoms with Gasteiger partial charge in [0.1, 0.15) is 23.4 Å². The van der Waals surface area contributed by atoms with Crippen LogP contribution in [-0.2, 0) is 12.8 Å². The molecule has 0 spiro atoms. The first-order chi connectivity index (χ1) is 21.9. The molecule has 2 bridgehead atoms. The van der Waals surface area contributed by atoms with Crippen molar-refractivity contribution in [2.75, 3.05) is 30.0 Å². The molecule has 5 aliphatic rings. The first-order valence-electron chi connectivity index (χ1n) is 16.7. The fourth-order valence-corrected chi connectivity index (χ4v) is 8.94. The zero-order valence-corrected chi connectivity index (χ0v) is 25.8. The smallest absolute Gasteiger partial charge is 0.318 e. The van der Waals surface area contributed by atoms with Crippen LogP contribution in [0.15, 0.2) is 30.0 Å². The molecule has 0 amide bonds. The number of halogens is 2. The van der Waals surface area contributed by atoms with Crippen molar-refractivity contribution < 1.29 is 18.6 Å². The number of phenolic OH excluding ortho intramolecular Hbond substituents is 1. The van der Waals surface area contributed by atoms with Gasteiger partial charge in [0.2, 0.25) is 0 Å². The second-order valence-electron chi connectivity index (χ2n) is 13.9. The van der Waals surface area contributed by atoms with Gasteiger partial charge < -0.3 is 25.5 Å². The van der Waals surface area contributed by atoms with Crippen molar-refractivity contribution in [3.8, 4) is 11.8 Å². The van der Waals surface area contributed by atoms with E-state index in [1.807, 2.05) is 13.0 Å². The number of benzene rings is 2. The third kappa shape index (κ3) is 5.24. The van der Waals surface area contributed by atoms with E-state index >= 15 is 0 Å². The van der Waals surface area contributed by atoms with Crippen molar-refractivity contribution in [2.45, 2.75) is 89.4 Å². The molecule has 2 aromatic carbocycles. The molecule has 4 heterocycles. The van der Waals surface area contributed by atoms with E-state index in [1.165, 1.54) is 6.07 Å². The highest BCUT2D eigenvalue weighted by Crippen LogP contribution is 2.53. The van der Waals surface area contributed by atoms with Crippen LogP contribution in [0.5, 0.6) is 11.8 Å². The molecule has 8 nitrogen and oxygen atoms in total. The molecule has 2 saturated carbocycles. The number of aryl methyl sites for hydroxylation is 1. The highest BCUT2D eigenvalue weighted by atomic mass is 19.1. The quantitative estimate of drug-likeness (QED) is 0.261. The third-order valence-electron chi connectivity index (χ3n) is 11.1. The molecule has 4 N–H and O–H groups in total. The summed E-state index contributed by atoms with van der Waals surface area (Å²) in [5, 5.41) is 15.8. The fourth-order valence-electron chi connectivity index (χ4n) is 8.94. The lowest BCUT2D eigenvalue weighted by molar-refractivity contribution is 0.0174. The Hall–Kier alpha value is -3.66. The standard InChI is InChI=1S/C35H42F2N6O2/c1-2-28-29(37)10-5-20-13-27(44)14-21(31(20)28)12-26-15-30-32(42-41-26)33(43-17-24-8-9-25(18-43)38-24)40-34(39-30)45-19-35-11-3-4-22(35)6-7-23(36)16-35/h5,10,12-14,22-25,38,41-42,44H,2-4,6-9,11,15-19H2,1H3/b26-12-/t22?,23-,24?,25?,35-/m0/s1. The molecule has 2 saturated heterocycles. The van der Waals surface area contributed by atoms with Crippen LogP contribution < -0.4 is 25.8 Å². The van der Waals surface area contributed by atoms with Gasteiger partial charge in [0, 0.05) is 42.7 Å². The number of hydrogen-bond acceptors (Lipinski definition) is 8. The van der Waals surface area contributed by atoms with Gasteiger partial charge in [0.25, 0.3) is 0 Å². The first kappa shape index (κ1) is 28.8. The largest absolute Gasteiger partial charge is 0.508 e. The molecular formula is C35H42F2N6O2. The summed E-state index contributed by atoms with van der Waals surface area (Å²) in [6.07, 6.45) is 9.92. The van der Waals surface area contributed by atoms with Crippen molar-refractivity contribution in [1.29, 1.82) is 0 Å². The van der Waals surface area contributed by atoms with Crippen LogP contribution in [0.3, 0.4) is 0 Å². The summed E-state index contributed by atoms with van der Waals surface area (Å²) >= 11 is 0. The van der Waals surface area contributed by atoms with Gasteiger partial charge in [0.05, 0.1) is 12.3 Å². The zero-order chi connectivity index (χ0) is 30.7. The zero-order valence-electron chi connectivity index (χ0n) is 25.8. The Bertz CT molecular complexity index is 1650.